The van der Waals surface area contributed by atoms with Gasteiger partial charge >= 0.3 is 6.18 Å². The van der Waals surface area contributed by atoms with Crippen LogP contribution in [0.4, 0.5) is 18.9 Å². The zero-order chi connectivity index (χ0) is 12.9. The number of nitrogens with two attached hydrogens (primary N) is 1. The number of amidine groups is 1. The number of nitrogens with zero attached hydrogens (tertiary/aromatic N) is 1. The van der Waals surface area contributed by atoms with Gasteiger partial charge in [0.05, 0.1) is 11.3 Å². The Balaban J connectivity index is 2.93. The van der Waals surface area contributed by atoms with E-state index >= 15 is 0 Å². The number of hydrogen-bond donors (Lipinski definition) is 1. The highest BCUT2D eigenvalue weighted by Crippen LogP contribution is 2.31. The lowest BCUT2D eigenvalue weighted by Crippen LogP contribution is -2.05. The predicted octanol–water partition coefficient (Wildman–Crippen LogP) is 3.92. The Morgan fingerprint density at radius 3 is 2.71 bits per heavy atom. The molecule has 0 radical (unpaired) electrons. The average molecular weight is 260 g/mol. The Hall–Kier alpha value is -1.43. The smallest absolute Gasteiger partial charge is 0.378 e. The number of halogens is 3. The highest BCUT2D eigenvalue weighted by Gasteiger charge is 2.30. The Morgan fingerprint density at radius 1 is 1.41 bits per heavy atom. The summed E-state index contributed by atoms with van der Waals surface area (Å²) in [5.74, 6) is 0. The SMILES string of the molecule is C/C=C/SC(N)=Nc1cccc(C(F)(F)F)c1. The Labute approximate surface area is 101 Å². The summed E-state index contributed by atoms with van der Waals surface area (Å²) in [6.45, 7) is 1.81. The van der Waals surface area contributed by atoms with Crippen LogP contribution >= 0.6 is 11.8 Å². The van der Waals surface area contributed by atoms with Crippen molar-refractivity contribution >= 4 is 22.6 Å². The minimum atomic E-state index is -4.36. The fourth-order valence-corrected chi connectivity index (χ4v) is 1.48. The number of alkyl halides is 3. The molecule has 0 unspecified atom stereocenters. The lowest BCUT2D eigenvalue weighted by molar-refractivity contribution is -0.137. The van der Waals surface area contributed by atoms with Crippen molar-refractivity contribution < 1.29 is 13.2 Å². The van der Waals surface area contributed by atoms with E-state index in [0.29, 0.717) is 0 Å². The van der Waals surface area contributed by atoms with Crippen LogP contribution in [0.3, 0.4) is 0 Å². The van der Waals surface area contributed by atoms with Crippen molar-refractivity contribution in [3.8, 4) is 0 Å². The molecule has 0 atom stereocenters. The average Bonchev–Trinajstić information content (AvgIpc) is 2.25. The van der Waals surface area contributed by atoms with Gasteiger partial charge in [-0.1, -0.05) is 23.9 Å². The van der Waals surface area contributed by atoms with Crippen LogP contribution in [0.25, 0.3) is 0 Å². The standard InChI is InChI=1S/C11H11F3N2S/c1-2-6-17-10(15)16-9-5-3-4-8(7-9)11(12,13)14/h2-7H,1H3,(H2,15,16)/b6-2+. The molecule has 1 rings (SSSR count). The van der Waals surface area contributed by atoms with Crippen LogP contribution in [0.15, 0.2) is 40.7 Å². The van der Waals surface area contributed by atoms with Crippen LogP contribution in [-0.2, 0) is 6.18 Å². The summed E-state index contributed by atoms with van der Waals surface area (Å²) in [5, 5.41) is 1.90. The van der Waals surface area contributed by atoms with Crippen LogP contribution in [-0.4, -0.2) is 5.17 Å². The van der Waals surface area contributed by atoms with E-state index in [2.05, 4.69) is 4.99 Å². The predicted molar refractivity (Wildman–Crippen MR) is 65.1 cm³/mol. The summed E-state index contributed by atoms with van der Waals surface area (Å²) in [6.07, 6.45) is -2.60. The summed E-state index contributed by atoms with van der Waals surface area (Å²) in [5.41, 5.74) is 4.99. The van der Waals surface area contributed by atoms with Crippen molar-refractivity contribution in [2.75, 3.05) is 0 Å². The zero-order valence-corrected chi connectivity index (χ0v) is 9.85. The minimum absolute atomic E-state index is 0.189. The molecule has 0 aliphatic carbocycles. The Kier molecular flexibility index (Phi) is 4.62. The molecule has 1 aromatic carbocycles. The Bertz CT molecular complexity index is 439. The molecule has 6 heteroatoms. The first-order chi connectivity index (χ1) is 7.93. The van der Waals surface area contributed by atoms with Crippen molar-refractivity contribution in [1.82, 2.24) is 0 Å². The van der Waals surface area contributed by atoms with E-state index in [1.54, 1.807) is 11.5 Å². The number of aliphatic imine (C=N–C) groups is 1. The van der Waals surface area contributed by atoms with Gasteiger partial charge < -0.3 is 5.73 Å². The molecule has 0 aliphatic heterocycles. The molecule has 92 valence electrons. The van der Waals surface area contributed by atoms with Crippen molar-refractivity contribution in [3.63, 3.8) is 0 Å². The second-order valence-corrected chi connectivity index (χ2v) is 4.01. The quantitative estimate of drug-likeness (QED) is 0.646. The third kappa shape index (κ3) is 4.52. The maximum Gasteiger partial charge on any atom is 0.416 e. The normalized spacial score (nSPS) is 13.3. The molecule has 0 heterocycles. The van der Waals surface area contributed by atoms with Gasteiger partial charge in [-0.05, 0) is 30.5 Å². The summed E-state index contributed by atoms with van der Waals surface area (Å²) in [7, 11) is 0. The number of hydrogen-bond acceptors (Lipinski definition) is 2. The number of benzene rings is 1. The molecule has 1 aromatic rings. The van der Waals surface area contributed by atoms with Gasteiger partial charge in [0.1, 0.15) is 0 Å². The van der Waals surface area contributed by atoms with Gasteiger partial charge in [0, 0.05) is 0 Å². The molecule has 17 heavy (non-hydrogen) atoms. The van der Waals surface area contributed by atoms with E-state index in [1.165, 1.54) is 12.1 Å². The fourth-order valence-electron chi connectivity index (χ4n) is 1.04. The number of thioether (sulfide) groups is 1. The maximum atomic E-state index is 12.4. The zero-order valence-electron chi connectivity index (χ0n) is 9.03. The molecule has 0 bridgehead atoms. The molecule has 2 N–H and O–H groups in total. The van der Waals surface area contributed by atoms with E-state index in [4.69, 9.17) is 5.73 Å². The molecule has 0 aromatic heterocycles. The lowest BCUT2D eigenvalue weighted by atomic mass is 10.2. The molecule has 0 fully saturated rings. The van der Waals surface area contributed by atoms with Crippen LogP contribution in [0.5, 0.6) is 0 Å². The monoisotopic (exact) mass is 260 g/mol. The lowest BCUT2D eigenvalue weighted by Gasteiger charge is -2.06. The summed E-state index contributed by atoms with van der Waals surface area (Å²) < 4.78 is 37.2. The molecule has 0 amide bonds. The number of rotatable bonds is 2. The third-order valence-corrected chi connectivity index (χ3v) is 2.48. The van der Waals surface area contributed by atoms with Crippen molar-refractivity contribution in [1.29, 1.82) is 0 Å². The van der Waals surface area contributed by atoms with Crippen molar-refractivity contribution in [3.05, 3.63) is 41.3 Å². The van der Waals surface area contributed by atoms with E-state index in [-0.39, 0.29) is 10.9 Å². The first-order valence-electron chi connectivity index (χ1n) is 4.72. The summed E-state index contributed by atoms with van der Waals surface area (Å²) >= 11 is 1.15. The van der Waals surface area contributed by atoms with Crippen LogP contribution in [0, 0.1) is 0 Å². The number of allylic oxidation sites excluding steroid dienone is 1. The molecular formula is C11H11F3N2S. The minimum Gasteiger partial charge on any atom is -0.378 e. The van der Waals surface area contributed by atoms with E-state index in [0.717, 1.165) is 23.9 Å². The van der Waals surface area contributed by atoms with E-state index in [1.807, 2.05) is 6.92 Å². The van der Waals surface area contributed by atoms with Crippen LogP contribution in [0.2, 0.25) is 0 Å². The van der Waals surface area contributed by atoms with Gasteiger partial charge in [0.15, 0.2) is 5.17 Å². The summed E-state index contributed by atoms with van der Waals surface area (Å²) in [4.78, 5) is 3.88. The van der Waals surface area contributed by atoms with Crippen LogP contribution < -0.4 is 5.73 Å². The molecule has 2 nitrogen and oxygen atoms in total. The van der Waals surface area contributed by atoms with Gasteiger partial charge in [-0.2, -0.15) is 13.2 Å². The first kappa shape index (κ1) is 13.6. The first-order valence-corrected chi connectivity index (χ1v) is 5.60. The van der Waals surface area contributed by atoms with E-state index in [9.17, 15) is 13.2 Å². The van der Waals surface area contributed by atoms with Gasteiger partial charge in [0.25, 0.3) is 0 Å². The fraction of sp³-hybridized carbons (Fsp3) is 0.182. The molecule has 0 aliphatic rings. The maximum absolute atomic E-state index is 12.4. The molecule has 0 saturated carbocycles. The highest BCUT2D eigenvalue weighted by molar-refractivity contribution is 8.16. The molecule has 0 saturated heterocycles. The molecule has 0 spiro atoms. The van der Waals surface area contributed by atoms with Gasteiger partial charge in [-0.25, -0.2) is 4.99 Å². The second-order valence-electron chi connectivity index (χ2n) is 3.09. The molecular weight excluding hydrogens is 249 g/mol. The van der Waals surface area contributed by atoms with Gasteiger partial charge in [-0.3, -0.25) is 0 Å². The van der Waals surface area contributed by atoms with E-state index < -0.39 is 11.7 Å². The van der Waals surface area contributed by atoms with Crippen molar-refractivity contribution in [2.45, 2.75) is 13.1 Å². The van der Waals surface area contributed by atoms with Crippen molar-refractivity contribution in [2.24, 2.45) is 10.7 Å². The topological polar surface area (TPSA) is 38.4 Å². The largest absolute Gasteiger partial charge is 0.416 e. The highest BCUT2D eigenvalue weighted by atomic mass is 32.2. The summed E-state index contributed by atoms with van der Waals surface area (Å²) in [6, 6.07) is 4.73. The second kappa shape index (κ2) is 5.77. The van der Waals surface area contributed by atoms with Gasteiger partial charge in [0.2, 0.25) is 0 Å². The van der Waals surface area contributed by atoms with Gasteiger partial charge in [-0.15, -0.1) is 0 Å². The Morgan fingerprint density at radius 2 is 2.12 bits per heavy atom. The third-order valence-electron chi connectivity index (χ3n) is 1.74. The van der Waals surface area contributed by atoms with Crippen LogP contribution in [0.1, 0.15) is 12.5 Å².